The maximum atomic E-state index is 13.9. The van der Waals surface area contributed by atoms with Gasteiger partial charge in [-0.3, -0.25) is 4.79 Å². The third-order valence-corrected chi connectivity index (χ3v) is 10.8. The highest BCUT2D eigenvalue weighted by Gasteiger charge is 2.69. The van der Waals surface area contributed by atoms with Gasteiger partial charge in [0.25, 0.3) is 0 Å². The summed E-state index contributed by atoms with van der Waals surface area (Å²) in [6.07, 6.45) is 8.75. The van der Waals surface area contributed by atoms with Crippen LogP contribution in [0.25, 0.3) is 0 Å². The molecule has 3 heteroatoms. The summed E-state index contributed by atoms with van der Waals surface area (Å²) in [7, 11) is 0. The number of rotatable bonds is 0. The highest BCUT2D eigenvalue weighted by Crippen LogP contribution is 2.72. The molecule has 1 heterocycles. The summed E-state index contributed by atoms with van der Waals surface area (Å²) in [6.45, 7) is 14.0. The minimum absolute atomic E-state index is 0.131. The lowest BCUT2D eigenvalue weighted by Crippen LogP contribution is -2.64. The molecule has 0 bridgehead atoms. The van der Waals surface area contributed by atoms with Crippen molar-refractivity contribution in [2.45, 2.75) is 99.0 Å². The molecule has 7 atom stereocenters. The fourth-order valence-corrected chi connectivity index (χ4v) is 9.55. The van der Waals surface area contributed by atoms with Gasteiger partial charge >= 0.3 is 5.97 Å². The van der Waals surface area contributed by atoms with Crippen LogP contribution in [0.3, 0.4) is 0 Å². The van der Waals surface area contributed by atoms with Crippen LogP contribution in [0.1, 0.15) is 92.9 Å². The molecule has 29 heavy (non-hydrogen) atoms. The van der Waals surface area contributed by atoms with Gasteiger partial charge in [-0.1, -0.05) is 34.1 Å². The smallest absolute Gasteiger partial charge is 0.335 e. The zero-order valence-corrected chi connectivity index (χ0v) is 19.2. The first-order chi connectivity index (χ1) is 13.5. The summed E-state index contributed by atoms with van der Waals surface area (Å²) < 4.78 is 5.61. The fraction of sp³-hybridized carbons (Fsp3) is 0.846. The van der Waals surface area contributed by atoms with Crippen LogP contribution in [-0.4, -0.2) is 17.9 Å². The van der Waals surface area contributed by atoms with E-state index in [-0.39, 0.29) is 28.8 Å². The molecular formula is C26H38O3. The van der Waals surface area contributed by atoms with Gasteiger partial charge in [-0.25, -0.2) is 4.79 Å². The van der Waals surface area contributed by atoms with Crippen molar-refractivity contribution < 1.29 is 14.3 Å². The SMILES string of the molecule is C[C@@H]1OC(=O)C2=C1CC[C@@H]1[C@]2(C)C(=O)C[C@H]2[C@@]1(C)CCC1C(C)(C)CCC[C@@]12C. The van der Waals surface area contributed by atoms with Crippen LogP contribution in [-0.2, 0) is 14.3 Å². The number of cyclic esters (lactones) is 1. The van der Waals surface area contributed by atoms with E-state index in [0.717, 1.165) is 24.0 Å². The predicted molar refractivity (Wildman–Crippen MR) is 113 cm³/mol. The molecule has 1 unspecified atom stereocenters. The molecule has 3 nitrogen and oxygen atoms in total. The number of carbonyl (C=O) groups excluding carboxylic acids is 2. The molecule has 160 valence electrons. The third-order valence-electron chi connectivity index (χ3n) is 10.8. The van der Waals surface area contributed by atoms with Crippen molar-refractivity contribution >= 4 is 11.8 Å². The monoisotopic (exact) mass is 398 g/mol. The minimum Gasteiger partial charge on any atom is -0.455 e. The number of fused-ring (bicyclic) bond motifs is 6. The van der Waals surface area contributed by atoms with E-state index in [0.29, 0.717) is 29.5 Å². The summed E-state index contributed by atoms with van der Waals surface area (Å²) in [5, 5.41) is 0. The van der Waals surface area contributed by atoms with E-state index < -0.39 is 5.41 Å². The molecule has 0 amide bonds. The zero-order chi connectivity index (χ0) is 21.0. The lowest BCUT2D eigenvalue weighted by Gasteiger charge is -2.68. The second-order valence-corrected chi connectivity index (χ2v) is 12.4. The molecule has 5 aliphatic rings. The zero-order valence-electron chi connectivity index (χ0n) is 19.2. The Morgan fingerprint density at radius 3 is 2.28 bits per heavy atom. The standard InChI is InChI=1S/C26H38O3/c1-15-16-8-9-18-25(5)13-10-17-23(2,3)11-7-12-24(17,4)19(25)14-20(27)26(18,6)21(16)22(28)29-15/h15,17-19H,7-14H2,1-6H3/t15-,17?,18-,19+,24-,25-,26+/m0/s1. The van der Waals surface area contributed by atoms with Crippen molar-refractivity contribution in [3.63, 3.8) is 0 Å². The lowest BCUT2D eigenvalue weighted by atomic mass is 9.35. The summed E-state index contributed by atoms with van der Waals surface area (Å²) in [5.74, 6) is 1.51. The third kappa shape index (κ3) is 2.26. The Kier molecular flexibility index (Phi) is 3.94. The van der Waals surface area contributed by atoms with Gasteiger partial charge in [0.05, 0.1) is 11.0 Å². The molecule has 0 aromatic rings. The maximum absolute atomic E-state index is 13.9. The first kappa shape index (κ1) is 19.8. The number of hydrogen-bond donors (Lipinski definition) is 0. The van der Waals surface area contributed by atoms with Gasteiger partial charge in [0.15, 0.2) is 0 Å². The number of hydrogen-bond acceptors (Lipinski definition) is 3. The van der Waals surface area contributed by atoms with Gasteiger partial charge in [-0.2, -0.15) is 0 Å². The van der Waals surface area contributed by atoms with Gasteiger partial charge in [-0.15, -0.1) is 0 Å². The first-order valence-electron chi connectivity index (χ1n) is 11.9. The van der Waals surface area contributed by atoms with Crippen molar-refractivity contribution in [1.29, 1.82) is 0 Å². The van der Waals surface area contributed by atoms with E-state index in [1.807, 2.05) is 6.92 Å². The number of ether oxygens (including phenoxy) is 1. The van der Waals surface area contributed by atoms with Crippen molar-refractivity contribution in [3.8, 4) is 0 Å². The Hall–Kier alpha value is -1.12. The fourth-order valence-electron chi connectivity index (χ4n) is 9.55. The van der Waals surface area contributed by atoms with Gasteiger partial charge in [-0.05, 0) is 91.9 Å². The van der Waals surface area contributed by atoms with E-state index in [1.54, 1.807) is 0 Å². The minimum atomic E-state index is -0.645. The van der Waals surface area contributed by atoms with Crippen molar-refractivity contribution in [1.82, 2.24) is 0 Å². The highest BCUT2D eigenvalue weighted by atomic mass is 16.5. The number of Topliss-reactive ketones (excluding diaryl/α,β-unsaturated/α-hetero) is 1. The molecule has 1 aliphatic heterocycles. The Morgan fingerprint density at radius 1 is 0.862 bits per heavy atom. The molecule has 3 saturated carbocycles. The normalized spacial score (nSPS) is 51.0. The van der Waals surface area contributed by atoms with Gasteiger partial charge < -0.3 is 4.74 Å². The second-order valence-electron chi connectivity index (χ2n) is 12.4. The summed E-state index contributed by atoms with van der Waals surface area (Å²) in [5.41, 5.74) is 1.96. The van der Waals surface area contributed by atoms with E-state index in [2.05, 4.69) is 34.6 Å². The number of esters is 1. The van der Waals surface area contributed by atoms with Crippen LogP contribution in [0.15, 0.2) is 11.1 Å². The van der Waals surface area contributed by atoms with E-state index in [4.69, 9.17) is 4.74 Å². The molecule has 4 aliphatic carbocycles. The molecule has 3 fully saturated rings. The van der Waals surface area contributed by atoms with Gasteiger partial charge in [0, 0.05) is 6.42 Å². The van der Waals surface area contributed by atoms with Gasteiger partial charge in [0.2, 0.25) is 0 Å². The molecular weight excluding hydrogens is 360 g/mol. The second kappa shape index (κ2) is 5.77. The summed E-state index contributed by atoms with van der Waals surface area (Å²) >= 11 is 0. The van der Waals surface area contributed by atoms with Crippen molar-refractivity contribution in [3.05, 3.63) is 11.1 Å². The summed E-state index contributed by atoms with van der Waals surface area (Å²) in [4.78, 5) is 26.7. The molecule has 0 aromatic heterocycles. The molecule has 0 spiro atoms. The van der Waals surface area contributed by atoms with Crippen LogP contribution < -0.4 is 0 Å². The molecule has 5 rings (SSSR count). The lowest BCUT2D eigenvalue weighted by molar-refractivity contribution is -0.191. The van der Waals surface area contributed by atoms with Gasteiger partial charge in [0.1, 0.15) is 11.9 Å². The molecule has 0 radical (unpaired) electrons. The van der Waals surface area contributed by atoms with E-state index in [1.165, 1.54) is 32.1 Å². The Bertz CT molecular complexity index is 822. The van der Waals surface area contributed by atoms with Crippen LogP contribution >= 0.6 is 0 Å². The number of carbonyl (C=O) groups is 2. The molecule has 0 saturated heterocycles. The maximum Gasteiger partial charge on any atom is 0.335 e. The average Bonchev–Trinajstić information content (AvgIpc) is 2.91. The predicted octanol–water partition coefficient (Wildman–Crippen LogP) is 5.87. The largest absolute Gasteiger partial charge is 0.455 e. The van der Waals surface area contributed by atoms with E-state index in [9.17, 15) is 9.59 Å². The van der Waals surface area contributed by atoms with Crippen molar-refractivity contribution in [2.75, 3.05) is 0 Å². The Labute approximate surface area is 176 Å². The van der Waals surface area contributed by atoms with Crippen molar-refractivity contribution in [2.24, 2.45) is 39.4 Å². The quantitative estimate of drug-likeness (QED) is 0.480. The molecule has 0 N–H and O–H groups in total. The van der Waals surface area contributed by atoms with Crippen LogP contribution in [0.5, 0.6) is 0 Å². The topological polar surface area (TPSA) is 43.4 Å². The summed E-state index contributed by atoms with van der Waals surface area (Å²) in [6, 6.07) is 0. The Balaban J connectivity index is 1.62. The average molecular weight is 399 g/mol. The Morgan fingerprint density at radius 2 is 1.55 bits per heavy atom. The first-order valence-corrected chi connectivity index (χ1v) is 11.9. The van der Waals surface area contributed by atoms with Crippen LogP contribution in [0, 0.1) is 39.4 Å². The molecule has 0 aromatic carbocycles. The van der Waals surface area contributed by atoms with Crippen LogP contribution in [0.4, 0.5) is 0 Å². The number of ketones is 1. The van der Waals surface area contributed by atoms with E-state index >= 15 is 0 Å². The highest BCUT2D eigenvalue weighted by molar-refractivity contribution is 6.04. The van der Waals surface area contributed by atoms with Crippen LogP contribution in [0.2, 0.25) is 0 Å².